The molecule has 0 saturated heterocycles. The molecule has 0 aliphatic heterocycles. The fraction of sp³-hybridized carbons (Fsp3) is 0.636. The van der Waals surface area contributed by atoms with Gasteiger partial charge in [0.1, 0.15) is 0 Å². The maximum atomic E-state index is 11.9. The van der Waals surface area contributed by atoms with Gasteiger partial charge in [0.15, 0.2) is 0 Å². The van der Waals surface area contributed by atoms with Crippen LogP contribution in [0.2, 0.25) is 0 Å². The van der Waals surface area contributed by atoms with E-state index in [0.717, 1.165) is 0 Å². The first-order valence-corrected chi connectivity index (χ1v) is 5.66. The lowest BCUT2D eigenvalue weighted by Crippen LogP contribution is -2.16. The second kappa shape index (κ2) is 3.36. The number of fused-ring (bicyclic) bond motifs is 1. The van der Waals surface area contributed by atoms with Crippen LogP contribution in [-0.4, -0.2) is 15.9 Å². The van der Waals surface area contributed by atoms with E-state index in [2.05, 4.69) is 15.3 Å². The monoisotopic (exact) mass is 205 g/mol. The van der Waals surface area contributed by atoms with Crippen molar-refractivity contribution in [2.75, 3.05) is 5.32 Å². The Bertz CT molecular complexity index is 348. The van der Waals surface area contributed by atoms with Gasteiger partial charge >= 0.3 is 0 Å². The molecule has 80 valence electrons. The summed E-state index contributed by atoms with van der Waals surface area (Å²) in [6, 6.07) is 0. The highest BCUT2D eigenvalue weighted by Crippen LogP contribution is 2.55. The minimum absolute atomic E-state index is 0.154. The van der Waals surface area contributed by atoms with Gasteiger partial charge in [0, 0.05) is 18.3 Å². The van der Waals surface area contributed by atoms with Crippen molar-refractivity contribution in [2.24, 2.45) is 17.8 Å². The predicted octanol–water partition coefficient (Wildman–Crippen LogP) is 1.78. The number of nitrogens with one attached hydrogen (secondary N) is 2. The number of aromatic amines is 1. The molecular weight excluding hydrogens is 190 g/mol. The molecule has 2 saturated carbocycles. The van der Waals surface area contributed by atoms with Gasteiger partial charge in [0.05, 0.1) is 0 Å². The average molecular weight is 205 g/mol. The lowest BCUT2D eigenvalue weighted by molar-refractivity contribution is -0.117. The van der Waals surface area contributed by atoms with Crippen LogP contribution < -0.4 is 5.32 Å². The third kappa shape index (κ3) is 1.54. The first-order valence-electron chi connectivity index (χ1n) is 5.66. The summed E-state index contributed by atoms with van der Waals surface area (Å²) in [6.45, 7) is 0. The number of hydrogen-bond donors (Lipinski definition) is 2. The van der Waals surface area contributed by atoms with Crippen LogP contribution in [0.1, 0.15) is 25.7 Å². The maximum absolute atomic E-state index is 11.9. The second-order valence-corrected chi connectivity index (χ2v) is 4.56. The Kier molecular flexibility index (Phi) is 2.01. The number of amides is 1. The molecule has 2 aliphatic rings. The zero-order valence-electron chi connectivity index (χ0n) is 8.57. The SMILES string of the molecule is O=C(Nc1ncc[nH]1)C1C2CCCCC21. The normalized spacial score (nSPS) is 33.2. The van der Waals surface area contributed by atoms with Gasteiger partial charge in [-0.25, -0.2) is 4.98 Å². The first kappa shape index (κ1) is 8.95. The van der Waals surface area contributed by atoms with Crippen LogP contribution >= 0.6 is 0 Å². The average Bonchev–Trinajstić information content (AvgIpc) is 2.77. The first-order chi connectivity index (χ1) is 7.36. The molecule has 1 heterocycles. The minimum Gasteiger partial charge on any atom is -0.331 e. The van der Waals surface area contributed by atoms with Crippen LogP contribution in [0.4, 0.5) is 5.95 Å². The molecule has 0 aromatic carbocycles. The van der Waals surface area contributed by atoms with Gasteiger partial charge in [0.2, 0.25) is 11.9 Å². The molecule has 3 rings (SSSR count). The number of aromatic nitrogens is 2. The van der Waals surface area contributed by atoms with E-state index in [1.807, 2.05) is 0 Å². The topological polar surface area (TPSA) is 57.8 Å². The van der Waals surface area contributed by atoms with Crippen LogP contribution in [0.25, 0.3) is 0 Å². The summed E-state index contributed by atoms with van der Waals surface area (Å²) in [5, 5.41) is 2.83. The molecular formula is C11H15N3O. The molecule has 4 nitrogen and oxygen atoms in total. The summed E-state index contributed by atoms with van der Waals surface area (Å²) in [4.78, 5) is 18.8. The molecule has 1 amide bonds. The van der Waals surface area contributed by atoms with E-state index >= 15 is 0 Å². The standard InChI is InChI=1S/C11H15N3O/c15-10(14-11-12-5-6-13-11)9-7-3-1-2-4-8(7)9/h5-9H,1-4H2,(H2,12,13,14,15). The summed E-state index contributed by atoms with van der Waals surface area (Å²) in [6.07, 6.45) is 8.43. The third-order valence-electron chi connectivity index (χ3n) is 3.70. The Morgan fingerprint density at radius 2 is 2.13 bits per heavy atom. The number of rotatable bonds is 2. The molecule has 0 bridgehead atoms. The Labute approximate surface area is 88.5 Å². The van der Waals surface area contributed by atoms with Gasteiger partial charge in [-0.05, 0) is 24.7 Å². The molecule has 2 unspecified atom stereocenters. The fourth-order valence-corrected chi connectivity index (χ4v) is 2.91. The van der Waals surface area contributed by atoms with Gasteiger partial charge < -0.3 is 4.98 Å². The van der Waals surface area contributed by atoms with Crippen molar-refractivity contribution in [1.82, 2.24) is 9.97 Å². The van der Waals surface area contributed by atoms with E-state index < -0.39 is 0 Å². The Balaban J connectivity index is 1.62. The number of carbonyl (C=O) groups is 1. The largest absolute Gasteiger partial charge is 0.331 e. The van der Waals surface area contributed by atoms with E-state index in [9.17, 15) is 4.79 Å². The lowest BCUT2D eigenvalue weighted by atomic mass is 10.0. The van der Waals surface area contributed by atoms with E-state index in [4.69, 9.17) is 0 Å². The van der Waals surface area contributed by atoms with Crippen LogP contribution in [0.3, 0.4) is 0 Å². The van der Waals surface area contributed by atoms with Crippen LogP contribution in [0.5, 0.6) is 0 Å². The Morgan fingerprint density at radius 3 is 2.73 bits per heavy atom. The summed E-state index contributed by atoms with van der Waals surface area (Å²) < 4.78 is 0. The lowest BCUT2D eigenvalue weighted by Gasteiger charge is -2.04. The molecule has 1 aromatic rings. The third-order valence-corrected chi connectivity index (χ3v) is 3.70. The van der Waals surface area contributed by atoms with Gasteiger partial charge in [-0.15, -0.1) is 0 Å². The quantitative estimate of drug-likeness (QED) is 0.773. The van der Waals surface area contributed by atoms with E-state index in [1.165, 1.54) is 25.7 Å². The van der Waals surface area contributed by atoms with Crippen molar-refractivity contribution in [1.29, 1.82) is 0 Å². The minimum atomic E-state index is 0.154. The number of imidazole rings is 1. The highest BCUT2D eigenvalue weighted by Gasteiger charge is 2.54. The highest BCUT2D eigenvalue weighted by molar-refractivity contribution is 5.93. The molecule has 2 N–H and O–H groups in total. The van der Waals surface area contributed by atoms with Crippen molar-refractivity contribution < 1.29 is 4.79 Å². The van der Waals surface area contributed by atoms with Gasteiger partial charge in [0.25, 0.3) is 0 Å². The maximum Gasteiger partial charge on any atom is 0.230 e. The molecule has 2 atom stereocenters. The van der Waals surface area contributed by atoms with Crippen LogP contribution in [0, 0.1) is 17.8 Å². The molecule has 0 spiro atoms. The Morgan fingerprint density at radius 1 is 1.40 bits per heavy atom. The van der Waals surface area contributed by atoms with Crippen LogP contribution in [0.15, 0.2) is 12.4 Å². The molecule has 15 heavy (non-hydrogen) atoms. The molecule has 0 radical (unpaired) electrons. The molecule has 4 heteroatoms. The van der Waals surface area contributed by atoms with Gasteiger partial charge in [-0.3, -0.25) is 10.1 Å². The number of carbonyl (C=O) groups excluding carboxylic acids is 1. The molecule has 2 fully saturated rings. The predicted molar refractivity (Wildman–Crippen MR) is 56.2 cm³/mol. The summed E-state index contributed by atoms with van der Waals surface area (Å²) >= 11 is 0. The molecule has 1 aromatic heterocycles. The van der Waals surface area contributed by atoms with Crippen molar-refractivity contribution in [3.05, 3.63) is 12.4 Å². The smallest absolute Gasteiger partial charge is 0.230 e. The second-order valence-electron chi connectivity index (χ2n) is 4.56. The van der Waals surface area contributed by atoms with Crippen molar-refractivity contribution in [3.8, 4) is 0 Å². The number of nitrogens with zero attached hydrogens (tertiary/aromatic N) is 1. The Hall–Kier alpha value is -1.32. The van der Waals surface area contributed by atoms with Crippen molar-refractivity contribution >= 4 is 11.9 Å². The van der Waals surface area contributed by atoms with Crippen molar-refractivity contribution in [3.63, 3.8) is 0 Å². The summed E-state index contributed by atoms with van der Waals surface area (Å²) in [5.74, 6) is 2.31. The number of anilines is 1. The number of H-pyrrole nitrogens is 1. The number of hydrogen-bond acceptors (Lipinski definition) is 2. The van der Waals surface area contributed by atoms with E-state index in [0.29, 0.717) is 17.8 Å². The summed E-state index contributed by atoms with van der Waals surface area (Å²) in [7, 11) is 0. The zero-order chi connectivity index (χ0) is 10.3. The molecule has 2 aliphatic carbocycles. The fourth-order valence-electron chi connectivity index (χ4n) is 2.91. The van der Waals surface area contributed by atoms with Crippen molar-refractivity contribution in [2.45, 2.75) is 25.7 Å². The van der Waals surface area contributed by atoms with E-state index in [-0.39, 0.29) is 11.8 Å². The van der Waals surface area contributed by atoms with Gasteiger partial charge in [-0.2, -0.15) is 0 Å². The van der Waals surface area contributed by atoms with E-state index in [1.54, 1.807) is 12.4 Å². The van der Waals surface area contributed by atoms with Gasteiger partial charge in [-0.1, -0.05) is 12.8 Å². The van der Waals surface area contributed by atoms with Crippen LogP contribution in [-0.2, 0) is 4.79 Å². The summed E-state index contributed by atoms with van der Waals surface area (Å²) in [5.41, 5.74) is 0. The zero-order valence-corrected chi connectivity index (χ0v) is 8.57. The highest BCUT2D eigenvalue weighted by atomic mass is 16.2.